The Morgan fingerprint density at radius 1 is 1.41 bits per heavy atom. The zero-order chi connectivity index (χ0) is 12.3. The third-order valence-corrected chi connectivity index (χ3v) is 3.70. The van der Waals surface area contributed by atoms with Crippen molar-refractivity contribution in [1.82, 2.24) is 0 Å². The van der Waals surface area contributed by atoms with Gasteiger partial charge in [0.05, 0.1) is 5.69 Å². The first kappa shape index (κ1) is 12.1. The number of thiophene rings is 1. The molecule has 4 heteroatoms. The van der Waals surface area contributed by atoms with Crippen molar-refractivity contribution in [2.45, 2.75) is 12.8 Å². The molecule has 0 radical (unpaired) electrons. The van der Waals surface area contributed by atoms with Gasteiger partial charge in [0.2, 0.25) is 5.91 Å². The average Bonchev–Trinajstić information content (AvgIpc) is 2.78. The molecule has 2 aromatic rings. The van der Waals surface area contributed by atoms with E-state index in [1.807, 2.05) is 23.6 Å². The molecule has 3 nitrogen and oxygen atoms in total. The quantitative estimate of drug-likeness (QED) is 0.905. The van der Waals surface area contributed by atoms with Crippen molar-refractivity contribution in [3.63, 3.8) is 0 Å². The van der Waals surface area contributed by atoms with Crippen LogP contribution in [0.2, 0.25) is 0 Å². The first-order chi connectivity index (χ1) is 8.24. The number of hydrogen-bond donors (Lipinski definition) is 1. The third kappa shape index (κ3) is 2.48. The van der Waals surface area contributed by atoms with Gasteiger partial charge < -0.3 is 10.0 Å². The molecule has 1 amide bonds. The number of aliphatic hydroxyl groups is 1. The maximum atomic E-state index is 11.9. The number of nitrogens with zero attached hydrogens (tertiary/aromatic N) is 1. The molecule has 90 valence electrons. The van der Waals surface area contributed by atoms with Gasteiger partial charge in [-0.15, -0.1) is 11.3 Å². The molecule has 0 atom stereocenters. The minimum atomic E-state index is 0.0441. The molecule has 0 aliphatic rings. The van der Waals surface area contributed by atoms with Crippen LogP contribution in [0.1, 0.15) is 12.8 Å². The van der Waals surface area contributed by atoms with Gasteiger partial charge in [0.1, 0.15) is 0 Å². The van der Waals surface area contributed by atoms with Crippen LogP contribution >= 0.6 is 11.3 Å². The van der Waals surface area contributed by atoms with Gasteiger partial charge in [-0.05, 0) is 12.5 Å². The van der Waals surface area contributed by atoms with Crippen LogP contribution in [0.15, 0.2) is 29.6 Å². The highest BCUT2D eigenvalue weighted by Gasteiger charge is 2.14. The van der Waals surface area contributed by atoms with Crippen molar-refractivity contribution in [2.24, 2.45) is 0 Å². The summed E-state index contributed by atoms with van der Waals surface area (Å²) in [7, 11) is 1.79. The fourth-order valence-electron chi connectivity index (χ4n) is 1.76. The molecule has 2 rings (SSSR count). The van der Waals surface area contributed by atoms with Crippen molar-refractivity contribution < 1.29 is 9.90 Å². The van der Waals surface area contributed by atoms with Gasteiger partial charge in [-0.1, -0.05) is 18.2 Å². The Morgan fingerprint density at radius 3 is 2.94 bits per heavy atom. The highest BCUT2D eigenvalue weighted by atomic mass is 32.1. The Kier molecular flexibility index (Phi) is 3.76. The number of carbonyl (C=O) groups excluding carboxylic acids is 1. The second kappa shape index (κ2) is 5.29. The van der Waals surface area contributed by atoms with Crippen LogP contribution in [0.4, 0.5) is 5.69 Å². The van der Waals surface area contributed by atoms with Crippen molar-refractivity contribution in [3.05, 3.63) is 29.6 Å². The largest absolute Gasteiger partial charge is 0.396 e. The summed E-state index contributed by atoms with van der Waals surface area (Å²) in [6, 6.07) is 8.05. The maximum absolute atomic E-state index is 11.9. The minimum absolute atomic E-state index is 0.0441. The molecule has 17 heavy (non-hydrogen) atoms. The SMILES string of the molecule is CN(C(=O)CCCO)c1csc2ccccc12. The van der Waals surface area contributed by atoms with E-state index < -0.39 is 0 Å². The summed E-state index contributed by atoms with van der Waals surface area (Å²) in [5.74, 6) is 0.0441. The predicted molar refractivity (Wildman–Crippen MR) is 71.6 cm³/mol. The summed E-state index contributed by atoms with van der Waals surface area (Å²) in [5, 5.41) is 11.8. The number of hydrogen-bond acceptors (Lipinski definition) is 3. The van der Waals surface area contributed by atoms with Crippen molar-refractivity contribution >= 4 is 33.0 Å². The molecule has 0 fully saturated rings. The predicted octanol–water partition coefficient (Wildman–Crippen LogP) is 2.64. The van der Waals surface area contributed by atoms with E-state index in [4.69, 9.17) is 5.11 Å². The Labute approximate surface area is 104 Å². The van der Waals surface area contributed by atoms with Gasteiger partial charge in [-0.2, -0.15) is 0 Å². The molecule has 0 saturated carbocycles. The van der Waals surface area contributed by atoms with Crippen LogP contribution in [0.3, 0.4) is 0 Å². The number of rotatable bonds is 4. The van der Waals surface area contributed by atoms with E-state index in [0.29, 0.717) is 12.8 Å². The van der Waals surface area contributed by atoms with Gasteiger partial charge in [-0.25, -0.2) is 0 Å². The summed E-state index contributed by atoms with van der Waals surface area (Å²) in [6.07, 6.45) is 0.905. The summed E-state index contributed by atoms with van der Waals surface area (Å²) in [4.78, 5) is 13.5. The zero-order valence-corrected chi connectivity index (χ0v) is 10.5. The van der Waals surface area contributed by atoms with E-state index in [1.54, 1.807) is 23.3 Å². The lowest BCUT2D eigenvalue weighted by Crippen LogP contribution is -2.25. The normalized spacial score (nSPS) is 10.7. The number of benzene rings is 1. The smallest absolute Gasteiger partial charge is 0.226 e. The van der Waals surface area contributed by atoms with Crippen LogP contribution in [0, 0.1) is 0 Å². The third-order valence-electron chi connectivity index (χ3n) is 2.74. The molecule has 1 N–H and O–H groups in total. The van der Waals surface area contributed by atoms with Gasteiger partial charge in [-0.3, -0.25) is 4.79 Å². The van der Waals surface area contributed by atoms with Crippen LogP contribution in [0.25, 0.3) is 10.1 Å². The molecule has 0 aliphatic carbocycles. The molecule has 1 aromatic carbocycles. The molecule has 0 unspecified atom stereocenters. The molecule has 0 saturated heterocycles. The number of aliphatic hydroxyl groups excluding tert-OH is 1. The van der Waals surface area contributed by atoms with E-state index in [-0.39, 0.29) is 12.5 Å². The van der Waals surface area contributed by atoms with Gasteiger partial charge in [0.15, 0.2) is 0 Å². The Morgan fingerprint density at radius 2 is 2.18 bits per heavy atom. The van der Waals surface area contributed by atoms with E-state index in [9.17, 15) is 4.79 Å². The van der Waals surface area contributed by atoms with E-state index in [1.165, 1.54) is 4.70 Å². The zero-order valence-electron chi connectivity index (χ0n) is 9.72. The van der Waals surface area contributed by atoms with Gasteiger partial charge >= 0.3 is 0 Å². The van der Waals surface area contributed by atoms with Crippen LogP contribution in [-0.2, 0) is 4.79 Å². The standard InChI is InChI=1S/C13H15NO2S/c1-14(13(16)7-4-8-15)11-9-17-12-6-3-2-5-10(11)12/h2-3,5-6,9,15H,4,7-8H2,1H3. The molecule has 1 heterocycles. The van der Waals surface area contributed by atoms with Crippen LogP contribution in [-0.4, -0.2) is 24.7 Å². The number of fused-ring (bicyclic) bond motifs is 1. The molecule has 1 aromatic heterocycles. The van der Waals surface area contributed by atoms with E-state index in [0.717, 1.165) is 11.1 Å². The van der Waals surface area contributed by atoms with Crippen molar-refractivity contribution in [1.29, 1.82) is 0 Å². The fourth-order valence-corrected chi connectivity index (χ4v) is 2.74. The first-order valence-electron chi connectivity index (χ1n) is 5.57. The highest BCUT2D eigenvalue weighted by Crippen LogP contribution is 2.32. The second-order valence-corrected chi connectivity index (χ2v) is 4.81. The number of anilines is 1. The molecular formula is C13H15NO2S. The maximum Gasteiger partial charge on any atom is 0.226 e. The van der Waals surface area contributed by atoms with E-state index in [2.05, 4.69) is 6.07 Å². The van der Waals surface area contributed by atoms with Crippen LogP contribution < -0.4 is 4.90 Å². The topological polar surface area (TPSA) is 40.5 Å². The Bertz CT molecular complexity index is 521. The van der Waals surface area contributed by atoms with Gasteiger partial charge in [0.25, 0.3) is 0 Å². The summed E-state index contributed by atoms with van der Waals surface area (Å²) < 4.78 is 1.18. The molecule has 0 spiro atoms. The lowest BCUT2D eigenvalue weighted by Gasteiger charge is -2.16. The van der Waals surface area contributed by atoms with Crippen molar-refractivity contribution in [2.75, 3.05) is 18.6 Å². The first-order valence-corrected chi connectivity index (χ1v) is 6.45. The van der Waals surface area contributed by atoms with Crippen LogP contribution in [0.5, 0.6) is 0 Å². The Balaban J connectivity index is 2.24. The minimum Gasteiger partial charge on any atom is -0.396 e. The van der Waals surface area contributed by atoms with Crippen molar-refractivity contribution in [3.8, 4) is 0 Å². The highest BCUT2D eigenvalue weighted by molar-refractivity contribution is 7.17. The summed E-state index contributed by atoms with van der Waals surface area (Å²) >= 11 is 1.64. The summed E-state index contributed by atoms with van der Waals surface area (Å²) in [5.41, 5.74) is 0.952. The average molecular weight is 249 g/mol. The molecule has 0 aliphatic heterocycles. The molecule has 0 bridgehead atoms. The van der Waals surface area contributed by atoms with E-state index >= 15 is 0 Å². The Hall–Kier alpha value is -1.39. The molecular weight excluding hydrogens is 234 g/mol. The summed E-state index contributed by atoms with van der Waals surface area (Å²) in [6.45, 7) is 0.0595. The second-order valence-electron chi connectivity index (χ2n) is 3.90. The number of carbonyl (C=O) groups is 1. The van der Waals surface area contributed by atoms with Gasteiger partial charge in [0, 0.05) is 35.5 Å². The fraction of sp³-hybridized carbons (Fsp3) is 0.308. The lowest BCUT2D eigenvalue weighted by molar-refractivity contribution is -0.118. The lowest BCUT2D eigenvalue weighted by atomic mass is 10.2. The number of amides is 1. The monoisotopic (exact) mass is 249 g/mol.